The third-order valence-electron chi connectivity index (χ3n) is 4.30. The molecule has 2 amide bonds. The highest BCUT2D eigenvalue weighted by atomic mass is 16.2. The fourth-order valence-corrected chi connectivity index (χ4v) is 2.81. The van der Waals surface area contributed by atoms with Crippen LogP contribution >= 0.6 is 0 Å². The summed E-state index contributed by atoms with van der Waals surface area (Å²) in [7, 11) is 0. The number of nitrogens with zero attached hydrogens (tertiary/aromatic N) is 4. The Labute approximate surface area is 146 Å². The van der Waals surface area contributed by atoms with Gasteiger partial charge in [0.15, 0.2) is 11.5 Å². The van der Waals surface area contributed by atoms with Crippen LogP contribution in [0.5, 0.6) is 0 Å². The zero-order valence-corrected chi connectivity index (χ0v) is 14.4. The summed E-state index contributed by atoms with van der Waals surface area (Å²) in [6.07, 6.45) is 0.865. The Morgan fingerprint density at radius 1 is 1.08 bits per heavy atom. The van der Waals surface area contributed by atoms with Gasteiger partial charge in [-0.15, -0.1) is 10.2 Å². The van der Waals surface area contributed by atoms with Crippen molar-refractivity contribution in [2.45, 2.75) is 13.8 Å². The molecular formula is C18H21N5O2. The predicted molar refractivity (Wildman–Crippen MR) is 95.8 cm³/mol. The number of aryl methyl sites for hydroxylation is 2. The molecule has 0 saturated carbocycles. The molecule has 7 heteroatoms. The highest BCUT2D eigenvalue weighted by molar-refractivity contribution is 6.03. The molecule has 2 heterocycles. The minimum absolute atomic E-state index is 0.273. The van der Waals surface area contributed by atoms with Crippen LogP contribution in [0.15, 0.2) is 30.3 Å². The van der Waals surface area contributed by atoms with Gasteiger partial charge in [-0.1, -0.05) is 17.7 Å². The maximum Gasteiger partial charge on any atom is 0.276 e. The lowest BCUT2D eigenvalue weighted by molar-refractivity contribution is -0.118. The van der Waals surface area contributed by atoms with Crippen molar-refractivity contribution in [2.75, 3.05) is 36.4 Å². The summed E-state index contributed by atoms with van der Waals surface area (Å²) in [5, 5.41) is 11.1. The van der Waals surface area contributed by atoms with E-state index in [1.165, 1.54) is 0 Å². The predicted octanol–water partition coefficient (Wildman–Crippen LogP) is 1.62. The van der Waals surface area contributed by atoms with Gasteiger partial charge >= 0.3 is 0 Å². The van der Waals surface area contributed by atoms with Crippen LogP contribution in [0.4, 0.5) is 11.5 Å². The molecule has 0 bridgehead atoms. The second-order valence-electron chi connectivity index (χ2n) is 6.18. The third-order valence-corrected chi connectivity index (χ3v) is 4.30. The Morgan fingerprint density at radius 3 is 2.44 bits per heavy atom. The number of hydrogen-bond donors (Lipinski definition) is 1. The van der Waals surface area contributed by atoms with Gasteiger partial charge in [0.2, 0.25) is 6.41 Å². The molecule has 1 N–H and O–H groups in total. The minimum atomic E-state index is -0.281. The average molecular weight is 339 g/mol. The van der Waals surface area contributed by atoms with Gasteiger partial charge in [0.1, 0.15) is 0 Å². The maximum absolute atomic E-state index is 12.3. The molecule has 2 aromatic rings. The standard InChI is InChI=1S/C18H21N5O2/c1-13-3-4-15(14(2)11-13)19-18(25)16-5-6-17(21-20-16)23-9-7-22(12-24)8-10-23/h3-6,11-12H,7-10H2,1-2H3,(H,19,25). The molecule has 0 radical (unpaired) electrons. The van der Waals surface area contributed by atoms with Crippen LogP contribution in [0.1, 0.15) is 21.6 Å². The smallest absolute Gasteiger partial charge is 0.276 e. The molecule has 25 heavy (non-hydrogen) atoms. The molecule has 1 fully saturated rings. The molecule has 0 unspecified atom stereocenters. The molecule has 130 valence electrons. The van der Waals surface area contributed by atoms with E-state index in [2.05, 4.69) is 20.4 Å². The van der Waals surface area contributed by atoms with E-state index in [9.17, 15) is 9.59 Å². The van der Waals surface area contributed by atoms with Crippen molar-refractivity contribution in [1.82, 2.24) is 15.1 Å². The normalized spacial score (nSPS) is 14.3. The molecule has 1 aliphatic heterocycles. The summed E-state index contributed by atoms with van der Waals surface area (Å²) in [5.41, 5.74) is 3.20. The number of benzene rings is 1. The highest BCUT2D eigenvalue weighted by Gasteiger charge is 2.18. The molecule has 1 aliphatic rings. The molecule has 7 nitrogen and oxygen atoms in total. The monoisotopic (exact) mass is 339 g/mol. The van der Waals surface area contributed by atoms with Gasteiger partial charge in [-0.25, -0.2) is 0 Å². The number of carbonyl (C=O) groups is 2. The number of carbonyl (C=O) groups excluding carboxylic acids is 2. The Morgan fingerprint density at radius 2 is 1.84 bits per heavy atom. The molecule has 3 rings (SSSR count). The van der Waals surface area contributed by atoms with Crippen LogP contribution in [0, 0.1) is 13.8 Å². The van der Waals surface area contributed by atoms with E-state index >= 15 is 0 Å². The van der Waals surface area contributed by atoms with E-state index in [0.29, 0.717) is 32.0 Å². The largest absolute Gasteiger partial charge is 0.352 e. The number of amides is 2. The average Bonchev–Trinajstić information content (AvgIpc) is 2.64. The van der Waals surface area contributed by atoms with E-state index in [1.54, 1.807) is 17.0 Å². The van der Waals surface area contributed by atoms with Crippen LogP contribution in [0.2, 0.25) is 0 Å². The first-order valence-electron chi connectivity index (χ1n) is 8.23. The zero-order chi connectivity index (χ0) is 17.8. The summed E-state index contributed by atoms with van der Waals surface area (Å²) < 4.78 is 0. The van der Waals surface area contributed by atoms with Crippen molar-refractivity contribution in [2.24, 2.45) is 0 Å². The number of aromatic nitrogens is 2. The summed E-state index contributed by atoms with van der Waals surface area (Å²) in [6, 6.07) is 9.32. The highest BCUT2D eigenvalue weighted by Crippen LogP contribution is 2.17. The Bertz CT molecular complexity index is 768. The number of anilines is 2. The van der Waals surface area contributed by atoms with E-state index in [1.807, 2.05) is 32.0 Å². The Kier molecular flexibility index (Phi) is 4.92. The summed E-state index contributed by atoms with van der Waals surface area (Å²) in [5.74, 6) is 0.436. The molecule has 1 aromatic heterocycles. The first-order chi connectivity index (χ1) is 12.1. The molecule has 1 aromatic carbocycles. The fourth-order valence-electron chi connectivity index (χ4n) is 2.81. The van der Waals surface area contributed by atoms with Crippen molar-refractivity contribution in [1.29, 1.82) is 0 Å². The van der Waals surface area contributed by atoms with Crippen molar-refractivity contribution < 1.29 is 9.59 Å². The molecule has 0 spiro atoms. The first kappa shape index (κ1) is 16.9. The number of rotatable bonds is 4. The molecule has 0 aliphatic carbocycles. The Balaban J connectivity index is 1.65. The maximum atomic E-state index is 12.3. The van der Waals surface area contributed by atoms with Crippen LogP contribution in [-0.4, -0.2) is 53.6 Å². The van der Waals surface area contributed by atoms with Crippen molar-refractivity contribution in [3.8, 4) is 0 Å². The van der Waals surface area contributed by atoms with Gasteiger partial charge < -0.3 is 15.1 Å². The van der Waals surface area contributed by atoms with Crippen molar-refractivity contribution >= 4 is 23.8 Å². The van der Waals surface area contributed by atoms with E-state index in [-0.39, 0.29) is 11.6 Å². The van der Waals surface area contributed by atoms with Crippen LogP contribution in [-0.2, 0) is 4.79 Å². The number of nitrogens with one attached hydrogen (secondary N) is 1. The SMILES string of the molecule is Cc1ccc(NC(=O)c2ccc(N3CCN(C=O)CC3)nn2)c(C)c1. The quantitative estimate of drug-likeness (QED) is 0.857. The van der Waals surface area contributed by atoms with E-state index in [0.717, 1.165) is 23.2 Å². The topological polar surface area (TPSA) is 78.4 Å². The van der Waals surface area contributed by atoms with Gasteiger partial charge in [-0.05, 0) is 37.6 Å². The summed E-state index contributed by atoms with van der Waals surface area (Å²) >= 11 is 0. The van der Waals surface area contributed by atoms with Gasteiger partial charge in [-0.3, -0.25) is 9.59 Å². The lowest BCUT2D eigenvalue weighted by atomic mass is 10.1. The summed E-state index contributed by atoms with van der Waals surface area (Å²) in [6.45, 7) is 6.72. The lowest BCUT2D eigenvalue weighted by Crippen LogP contribution is -2.46. The molecule has 0 atom stereocenters. The van der Waals surface area contributed by atoms with Gasteiger partial charge in [0.05, 0.1) is 0 Å². The minimum Gasteiger partial charge on any atom is -0.352 e. The second kappa shape index (κ2) is 7.29. The van der Waals surface area contributed by atoms with Gasteiger partial charge in [0, 0.05) is 31.9 Å². The van der Waals surface area contributed by atoms with Crippen LogP contribution < -0.4 is 10.2 Å². The van der Waals surface area contributed by atoms with Gasteiger partial charge in [-0.2, -0.15) is 0 Å². The third kappa shape index (κ3) is 3.93. The van der Waals surface area contributed by atoms with Gasteiger partial charge in [0.25, 0.3) is 5.91 Å². The lowest BCUT2D eigenvalue weighted by Gasteiger charge is -2.32. The fraction of sp³-hybridized carbons (Fsp3) is 0.333. The summed E-state index contributed by atoms with van der Waals surface area (Å²) in [4.78, 5) is 26.9. The van der Waals surface area contributed by atoms with Crippen molar-refractivity contribution in [3.63, 3.8) is 0 Å². The van der Waals surface area contributed by atoms with E-state index < -0.39 is 0 Å². The number of hydrogen-bond acceptors (Lipinski definition) is 5. The first-order valence-corrected chi connectivity index (χ1v) is 8.23. The molecule has 1 saturated heterocycles. The zero-order valence-electron chi connectivity index (χ0n) is 14.4. The van der Waals surface area contributed by atoms with Crippen LogP contribution in [0.3, 0.4) is 0 Å². The number of piperazine rings is 1. The van der Waals surface area contributed by atoms with E-state index in [4.69, 9.17) is 0 Å². The van der Waals surface area contributed by atoms with Crippen LogP contribution in [0.25, 0.3) is 0 Å². The Hall–Kier alpha value is -2.96. The van der Waals surface area contributed by atoms with Crippen molar-refractivity contribution in [3.05, 3.63) is 47.2 Å². The second-order valence-corrected chi connectivity index (χ2v) is 6.18. The molecular weight excluding hydrogens is 318 g/mol.